The molecule has 0 aliphatic carbocycles. The highest BCUT2D eigenvalue weighted by molar-refractivity contribution is 5.63. The normalized spacial score (nSPS) is 20.0. The molecule has 1 heterocycles. The molecule has 1 saturated heterocycles. The highest BCUT2D eigenvalue weighted by Crippen LogP contribution is 2.18. The van der Waals surface area contributed by atoms with Crippen LogP contribution in [0.3, 0.4) is 0 Å². The van der Waals surface area contributed by atoms with Crippen molar-refractivity contribution >= 4 is 0 Å². The van der Waals surface area contributed by atoms with Crippen LogP contribution in [0.5, 0.6) is 0 Å². The third-order valence-electron chi connectivity index (χ3n) is 5.48. The molecule has 132 valence electrons. The van der Waals surface area contributed by atoms with Crippen LogP contribution in [0.15, 0.2) is 84.9 Å². The Morgan fingerprint density at radius 1 is 0.462 bits per heavy atom. The monoisotopic (exact) mass is 344 g/mol. The number of rotatable bonds is 5. The molecule has 0 spiro atoms. The lowest BCUT2D eigenvalue weighted by molar-refractivity contribution is -1.02. The molecule has 4 rings (SSSR count). The summed E-state index contributed by atoms with van der Waals surface area (Å²) in [5.74, 6) is 0. The molecule has 0 saturated carbocycles. The second kappa shape index (κ2) is 8.31. The Hall–Kier alpha value is -2.42. The van der Waals surface area contributed by atoms with E-state index in [2.05, 4.69) is 84.9 Å². The third kappa shape index (κ3) is 4.40. The van der Waals surface area contributed by atoms with Gasteiger partial charge in [-0.25, -0.2) is 0 Å². The van der Waals surface area contributed by atoms with Gasteiger partial charge in [0.2, 0.25) is 0 Å². The first-order valence-corrected chi connectivity index (χ1v) is 9.72. The van der Waals surface area contributed by atoms with E-state index < -0.39 is 0 Å². The Labute approximate surface area is 156 Å². The minimum absolute atomic E-state index is 1.15. The largest absolute Gasteiger partial charge is 0.322 e. The number of hydrogen-bond donors (Lipinski definition) is 2. The molecule has 26 heavy (non-hydrogen) atoms. The Morgan fingerprint density at radius 3 is 1.42 bits per heavy atom. The summed E-state index contributed by atoms with van der Waals surface area (Å²) in [6, 6.07) is 30.7. The lowest BCUT2D eigenvalue weighted by atomic mass is 10.0. The van der Waals surface area contributed by atoms with E-state index in [-0.39, 0.29) is 0 Å². The molecule has 0 amide bonds. The highest BCUT2D eigenvalue weighted by Gasteiger charge is 2.22. The van der Waals surface area contributed by atoms with E-state index in [1.807, 2.05) is 0 Å². The van der Waals surface area contributed by atoms with Gasteiger partial charge >= 0.3 is 0 Å². The van der Waals surface area contributed by atoms with Crippen LogP contribution >= 0.6 is 0 Å². The van der Waals surface area contributed by atoms with Crippen LogP contribution in [0.2, 0.25) is 0 Å². The molecule has 2 nitrogen and oxygen atoms in total. The maximum Gasteiger partial charge on any atom is 0.127 e. The molecule has 0 atom stereocenters. The summed E-state index contributed by atoms with van der Waals surface area (Å²) in [6.07, 6.45) is 0. The van der Waals surface area contributed by atoms with E-state index in [4.69, 9.17) is 0 Å². The predicted octanol–water partition coefficient (Wildman–Crippen LogP) is 1.84. The molecule has 1 fully saturated rings. The molecule has 0 bridgehead atoms. The fourth-order valence-corrected chi connectivity index (χ4v) is 3.93. The van der Waals surface area contributed by atoms with Crippen molar-refractivity contribution in [2.45, 2.75) is 13.1 Å². The van der Waals surface area contributed by atoms with E-state index in [0.717, 1.165) is 6.54 Å². The quantitative estimate of drug-likeness (QED) is 0.699. The van der Waals surface area contributed by atoms with Gasteiger partial charge in [0, 0.05) is 11.1 Å². The summed E-state index contributed by atoms with van der Waals surface area (Å²) >= 11 is 0. The van der Waals surface area contributed by atoms with E-state index in [1.54, 1.807) is 9.80 Å². The molecule has 3 aromatic rings. The zero-order chi connectivity index (χ0) is 17.6. The van der Waals surface area contributed by atoms with Gasteiger partial charge in [-0.1, -0.05) is 84.9 Å². The van der Waals surface area contributed by atoms with Gasteiger partial charge < -0.3 is 9.80 Å². The summed E-state index contributed by atoms with van der Waals surface area (Å²) in [5, 5.41) is 0. The minimum atomic E-state index is 1.15. The van der Waals surface area contributed by atoms with Crippen molar-refractivity contribution in [3.8, 4) is 11.1 Å². The van der Waals surface area contributed by atoms with Crippen LogP contribution < -0.4 is 9.80 Å². The molecule has 1 aliphatic heterocycles. The zero-order valence-electron chi connectivity index (χ0n) is 15.3. The van der Waals surface area contributed by atoms with Gasteiger partial charge in [0.15, 0.2) is 0 Å². The highest BCUT2D eigenvalue weighted by atomic mass is 15.3. The standard InChI is InChI=1S/C24H26N2/c1-3-7-21(8-4-1)19-25-15-17-26(18-16-25)20-22-11-13-24(14-12-22)23-9-5-2-6-10-23/h1-14H,15-20H2/p+2. The van der Waals surface area contributed by atoms with Gasteiger partial charge in [0.05, 0.1) is 0 Å². The Bertz CT molecular complexity index is 789. The van der Waals surface area contributed by atoms with E-state index in [9.17, 15) is 0 Å². The predicted molar refractivity (Wildman–Crippen MR) is 107 cm³/mol. The topological polar surface area (TPSA) is 8.88 Å². The molecule has 0 radical (unpaired) electrons. The van der Waals surface area contributed by atoms with Crippen LogP contribution in [0.4, 0.5) is 0 Å². The minimum Gasteiger partial charge on any atom is -0.322 e. The van der Waals surface area contributed by atoms with Crippen molar-refractivity contribution in [1.82, 2.24) is 0 Å². The van der Waals surface area contributed by atoms with Gasteiger partial charge in [-0.2, -0.15) is 0 Å². The molecule has 3 aromatic carbocycles. The fraction of sp³-hybridized carbons (Fsp3) is 0.250. The first-order chi connectivity index (χ1) is 12.9. The van der Waals surface area contributed by atoms with Gasteiger partial charge in [0.25, 0.3) is 0 Å². The lowest BCUT2D eigenvalue weighted by Gasteiger charge is -2.29. The number of hydrogen-bond acceptors (Lipinski definition) is 0. The van der Waals surface area contributed by atoms with Gasteiger partial charge in [-0.3, -0.25) is 0 Å². The summed E-state index contributed by atoms with van der Waals surface area (Å²) in [5.41, 5.74) is 5.51. The van der Waals surface area contributed by atoms with Crippen LogP contribution in [0, 0.1) is 0 Å². The van der Waals surface area contributed by atoms with Crippen molar-refractivity contribution in [2.24, 2.45) is 0 Å². The summed E-state index contributed by atoms with van der Waals surface area (Å²) in [7, 11) is 0. The van der Waals surface area contributed by atoms with E-state index >= 15 is 0 Å². The third-order valence-corrected chi connectivity index (χ3v) is 5.48. The molecular weight excluding hydrogens is 316 g/mol. The van der Waals surface area contributed by atoms with Crippen LogP contribution in [-0.4, -0.2) is 26.2 Å². The smallest absolute Gasteiger partial charge is 0.127 e. The second-order valence-corrected chi connectivity index (χ2v) is 7.40. The first-order valence-electron chi connectivity index (χ1n) is 9.72. The first kappa shape index (κ1) is 17.0. The summed E-state index contributed by atoms with van der Waals surface area (Å²) in [4.78, 5) is 3.44. The van der Waals surface area contributed by atoms with Gasteiger partial charge in [0.1, 0.15) is 39.3 Å². The lowest BCUT2D eigenvalue weighted by Crippen LogP contribution is -3.27. The van der Waals surface area contributed by atoms with E-state index in [0.29, 0.717) is 0 Å². The maximum atomic E-state index is 2.30. The summed E-state index contributed by atoms with van der Waals surface area (Å²) in [6.45, 7) is 7.39. The summed E-state index contributed by atoms with van der Waals surface area (Å²) < 4.78 is 0. The van der Waals surface area contributed by atoms with Crippen molar-refractivity contribution < 1.29 is 9.80 Å². The van der Waals surface area contributed by atoms with Crippen molar-refractivity contribution in [2.75, 3.05) is 26.2 Å². The fourth-order valence-electron chi connectivity index (χ4n) is 3.93. The molecule has 0 unspecified atom stereocenters. The van der Waals surface area contributed by atoms with Crippen molar-refractivity contribution in [1.29, 1.82) is 0 Å². The molecule has 2 N–H and O–H groups in total. The molecule has 0 aromatic heterocycles. The Balaban J connectivity index is 1.29. The number of nitrogens with one attached hydrogen (secondary N) is 2. The average Bonchev–Trinajstić information content (AvgIpc) is 2.72. The molecule has 2 heteroatoms. The number of benzene rings is 3. The maximum absolute atomic E-state index is 2.30. The zero-order valence-corrected chi connectivity index (χ0v) is 15.3. The second-order valence-electron chi connectivity index (χ2n) is 7.40. The van der Waals surface area contributed by atoms with Crippen LogP contribution in [0.25, 0.3) is 11.1 Å². The van der Waals surface area contributed by atoms with E-state index in [1.165, 1.54) is 55.0 Å². The average molecular weight is 345 g/mol. The molecular formula is C24H28N2+2. The van der Waals surface area contributed by atoms with Crippen molar-refractivity contribution in [3.63, 3.8) is 0 Å². The van der Waals surface area contributed by atoms with Crippen LogP contribution in [-0.2, 0) is 13.1 Å². The SMILES string of the molecule is c1ccc(C[NH+]2CC[NH+](Cc3ccc(-c4ccccc4)cc3)CC2)cc1. The molecule has 1 aliphatic rings. The van der Waals surface area contributed by atoms with Gasteiger partial charge in [-0.15, -0.1) is 0 Å². The van der Waals surface area contributed by atoms with Crippen LogP contribution in [0.1, 0.15) is 11.1 Å². The van der Waals surface area contributed by atoms with Crippen molar-refractivity contribution in [3.05, 3.63) is 96.1 Å². The number of piperazine rings is 1. The Kier molecular flexibility index (Phi) is 5.44. The van der Waals surface area contributed by atoms with Gasteiger partial charge in [-0.05, 0) is 11.1 Å². The number of quaternary nitrogens is 2. The Morgan fingerprint density at radius 2 is 0.885 bits per heavy atom.